The largest absolute Gasteiger partial charge is 0.379 e. The van der Waals surface area contributed by atoms with E-state index < -0.39 is 0 Å². The highest BCUT2D eigenvalue weighted by Crippen LogP contribution is 2.24. The van der Waals surface area contributed by atoms with Crippen LogP contribution in [0.3, 0.4) is 0 Å². The lowest BCUT2D eigenvalue weighted by Gasteiger charge is -2.28. The molecule has 2 fully saturated rings. The molecule has 0 aromatic carbocycles. The van der Waals surface area contributed by atoms with Crippen LogP contribution in [0.2, 0.25) is 0 Å². The Balaban J connectivity index is 1.51. The molecule has 3 atom stereocenters. The van der Waals surface area contributed by atoms with Crippen LogP contribution in [0.15, 0.2) is 0 Å². The monoisotopic (exact) mass is 258 g/mol. The standard InChI is InChI=1S/C14H26O4/c1-11(4-5-15-7-12-8-16-12)6-14(2,3)18-10-13-9-17-13/h11-13H,4-10H2,1-3H3. The maximum atomic E-state index is 5.89. The Morgan fingerprint density at radius 3 is 2.39 bits per heavy atom. The van der Waals surface area contributed by atoms with Crippen molar-refractivity contribution >= 4 is 0 Å². The van der Waals surface area contributed by atoms with E-state index in [4.69, 9.17) is 18.9 Å². The summed E-state index contributed by atoms with van der Waals surface area (Å²) in [6.07, 6.45) is 2.86. The molecule has 0 aromatic rings. The fourth-order valence-electron chi connectivity index (χ4n) is 2.15. The van der Waals surface area contributed by atoms with Gasteiger partial charge in [-0.3, -0.25) is 0 Å². The molecule has 0 aromatic heterocycles. The van der Waals surface area contributed by atoms with Crippen LogP contribution in [0.25, 0.3) is 0 Å². The van der Waals surface area contributed by atoms with Gasteiger partial charge in [0.05, 0.1) is 32.0 Å². The molecule has 0 spiro atoms. The average molecular weight is 258 g/mol. The highest BCUT2D eigenvalue weighted by Gasteiger charge is 2.28. The fraction of sp³-hybridized carbons (Fsp3) is 1.00. The number of epoxide rings is 2. The van der Waals surface area contributed by atoms with Crippen molar-refractivity contribution in [2.45, 2.75) is 51.4 Å². The van der Waals surface area contributed by atoms with Crippen LogP contribution < -0.4 is 0 Å². The molecule has 2 aliphatic heterocycles. The van der Waals surface area contributed by atoms with Crippen molar-refractivity contribution in [3.63, 3.8) is 0 Å². The second-order valence-corrected chi connectivity index (χ2v) is 6.15. The number of hydrogen-bond acceptors (Lipinski definition) is 4. The van der Waals surface area contributed by atoms with E-state index in [1.807, 2.05) is 0 Å². The Morgan fingerprint density at radius 2 is 1.78 bits per heavy atom. The molecular formula is C14H26O4. The van der Waals surface area contributed by atoms with Gasteiger partial charge in [-0.1, -0.05) is 6.92 Å². The molecule has 4 heteroatoms. The predicted octanol–water partition coefficient (Wildman–Crippen LogP) is 2.01. The van der Waals surface area contributed by atoms with Crippen LogP contribution in [0.4, 0.5) is 0 Å². The maximum Gasteiger partial charge on any atom is 0.104 e. The second kappa shape index (κ2) is 6.33. The third-order valence-corrected chi connectivity index (χ3v) is 3.36. The first-order valence-corrected chi connectivity index (χ1v) is 7.00. The molecule has 2 saturated heterocycles. The van der Waals surface area contributed by atoms with E-state index in [1.165, 1.54) is 0 Å². The molecule has 0 radical (unpaired) electrons. The molecule has 4 nitrogen and oxygen atoms in total. The molecule has 3 unspecified atom stereocenters. The van der Waals surface area contributed by atoms with Gasteiger partial charge in [0, 0.05) is 6.61 Å². The van der Waals surface area contributed by atoms with Crippen molar-refractivity contribution in [3.8, 4) is 0 Å². The minimum absolute atomic E-state index is 0.0645. The van der Waals surface area contributed by atoms with E-state index in [0.29, 0.717) is 18.1 Å². The molecule has 0 amide bonds. The number of hydrogen-bond donors (Lipinski definition) is 0. The van der Waals surface area contributed by atoms with Crippen molar-refractivity contribution in [2.75, 3.05) is 33.0 Å². The summed E-state index contributed by atoms with van der Waals surface area (Å²) in [5, 5.41) is 0. The van der Waals surface area contributed by atoms with Crippen LogP contribution in [-0.2, 0) is 18.9 Å². The first-order valence-electron chi connectivity index (χ1n) is 7.00. The summed E-state index contributed by atoms with van der Waals surface area (Å²) >= 11 is 0. The third-order valence-electron chi connectivity index (χ3n) is 3.36. The normalized spacial score (nSPS) is 28.2. The average Bonchev–Trinajstić information content (AvgIpc) is 3.14. The van der Waals surface area contributed by atoms with Crippen LogP contribution in [-0.4, -0.2) is 50.8 Å². The van der Waals surface area contributed by atoms with E-state index in [9.17, 15) is 0 Å². The third kappa shape index (κ3) is 6.14. The van der Waals surface area contributed by atoms with Crippen molar-refractivity contribution in [2.24, 2.45) is 5.92 Å². The Labute approximate surface area is 110 Å². The lowest BCUT2D eigenvalue weighted by molar-refractivity contribution is -0.0412. The zero-order valence-corrected chi connectivity index (χ0v) is 11.8. The molecule has 0 N–H and O–H groups in total. The summed E-state index contributed by atoms with van der Waals surface area (Å²) in [6.45, 7) is 10.6. The lowest BCUT2D eigenvalue weighted by Crippen LogP contribution is -2.29. The van der Waals surface area contributed by atoms with Crippen LogP contribution >= 0.6 is 0 Å². The molecular weight excluding hydrogens is 232 g/mol. The van der Waals surface area contributed by atoms with E-state index in [0.717, 1.165) is 45.9 Å². The molecule has 2 aliphatic rings. The molecule has 2 heterocycles. The quantitative estimate of drug-likeness (QED) is 0.444. The smallest absolute Gasteiger partial charge is 0.104 e. The second-order valence-electron chi connectivity index (χ2n) is 6.15. The molecule has 106 valence electrons. The van der Waals surface area contributed by atoms with Crippen LogP contribution in [0.1, 0.15) is 33.6 Å². The highest BCUT2D eigenvalue weighted by atomic mass is 16.6. The van der Waals surface area contributed by atoms with E-state index >= 15 is 0 Å². The summed E-state index contributed by atoms with van der Waals surface area (Å²) in [7, 11) is 0. The first kappa shape index (κ1) is 14.3. The van der Waals surface area contributed by atoms with Crippen molar-refractivity contribution in [1.29, 1.82) is 0 Å². The minimum Gasteiger partial charge on any atom is -0.379 e. The fourth-order valence-corrected chi connectivity index (χ4v) is 2.15. The zero-order chi connectivity index (χ0) is 13.0. The highest BCUT2D eigenvalue weighted by molar-refractivity contribution is 4.76. The van der Waals surface area contributed by atoms with Crippen molar-refractivity contribution < 1.29 is 18.9 Å². The topological polar surface area (TPSA) is 43.5 Å². The van der Waals surface area contributed by atoms with Gasteiger partial charge in [-0.25, -0.2) is 0 Å². The Kier molecular flexibility index (Phi) is 5.01. The van der Waals surface area contributed by atoms with Crippen LogP contribution in [0.5, 0.6) is 0 Å². The van der Waals surface area contributed by atoms with Crippen LogP contribution in [0, 0.1) is 5.92 Å². The zero-order valence-electron chi connectivity index (χ0n) is 11.8. The molecule has 0 bridgehead atoms. The van der Waals surface area contributed by atoms with Gasteiger partial charge in [0.15, 0.2) is 0 Å². The summed E-state index contributed by atoms with van der Waals surface area (Å²) < 4.78 is 21.7. The predicted molar refractivity (Wildman–Crippen MR) is 68.7 cm³/mol. The molecule has 18 heavy (non-hydrogen) atoms. The van der Waals surface area contributed by atoms with Gasteiger partial charge < -0.3 is 18.9 Å². The maximum absolute atomic E-state index is 5.89. The first-order chi connectivity index (χ1) is 8.55. The molecule has 2 rings (SSSR count). The minimum atomic E-state index is -0.0645. The SMILES string of the molecule is CC(CCOCC1CO1)CC(C)(C)OCC1CO1. The number of ether oxygens (including phenoxy) is 4. The van der Waals surface area contributed by atoms with Gasteiger partial charge in [-0.05, 0) is 32.6 Å². The summed E-state index contributed by atoms with van der Waals surface area (Å²) in [6, 6.07) is 0. The van der Waals surface area contributed by atoms with Crippen molar-refractivity contribution in [3.05, 3.63) is 0 Å². The van der Waals surface area contributed by atoms with Gasteiger partial charge in [-0.2, -0.15) is 0 Å². The van der Waals surface area contributed by atoms with E-state index in [2.05, 4.69) is 20.8 Å². The van der Waals surface area contributed by atoms with Gasteiger partial charge in [0.2, 0.25) is 0 Å². The molecule has 0 aliphatic carbocycles. The Bertz CT molecular complexity index is 246. The van der Waals surface area contributed by atoms with E-state index in [-0.39, 0.29) is 5.60 Å². The van der Waals surface area contributed by atoms with E-state index in [1.54, 1.807) is 0 Å². The number of rotatable bonds is 10. The Morgan fingerprint density at radius 1 is 1.17 bits per heavy atom. The summed E-state index contributed by atoms with van der Waals surface area (Å²) in [5.74, 6) is 0.611. The van der Waals surface area contributed by atoms with Crippen molar-refractivity contribution in [1.82, 2.24) is 0 Å². The summed E-state index contributed by atoms with van der Waals surface area (Å²) in [4.78, 5) is 0. The van der Waals surface area contributed by atoms with Gasteiger partial charge in [-0.15, -0.1) is 0 Å². The lowest BCUT2D eigenvalue weighted by atomic mass is 9.92. The van der Waals surface area contributed by atoms with Gasteiger partial charge in [0.25, 0.3) is 0 Å². The van der Waals surface area contributed by atoms with Gasteiger partial charge in [0.1, 0.15) is 12.2 Å². The molecule has 0 saturated carbocycles. The van der Waals surface area contributed by atoms with Gasteiger partial charge >= 0.3 is 0 Å². The summed E-state index contributed by atoms with van der Waals surface area (Å²) in [5.41, 5.74) is -0.0645. The Hall–Kier alpha value is -0.160.